The van der Waals surface area contributed by atoms with Gasteiger partial charge in [0.25, 0.3) is 5.91 Å². The van der Waals surface area contributed by atoms with Gasteiger partial charge >= 0.3 is 5.69 Å². The monoisotopic (exact) mass is 753 g/mol. The number of hydrogen-bond donors (Lipinski definition) is 2. The Hall–Kier alpha value is -6.66. The van der Waals surface area contributed by atoms with Gasteiger partial charge in [-0.15, -0.1) is 0 Å². The molecule has 2 saturated heterocycles. The van der Waals surface area contributed by atoms with Gasteiger partial charge < -0.3 is 19.4 Å². The number of rotatable bonds is 7. The zero-order valence-corrected chi connectivity index (χ0v) is 31.4. The van der Waals surface area contributed by atoms with Gasteiger partial charge in [-0.1, -0.05) is 5.92 Å². The van der Waals surface area contributed by atoms with E-state index in [0.717, 1.165) is 40.8 Å². The summed E-state index contributed by atoms with van der Waals surface area (Å²) in [5, 5.41) is 5.80. The number of anilines is 2. The van der Waals surface area contributed by atoms with Crippen molar-refractivity contribution in [1.82, 2.24) is 39.7 Å². The molecule has 2 aliphatic rings. The summed E-state index contributed by atoms with van der Waals surface area (Å²) < 4.78 is 14.9. The number of aryl methyl sites for hydroxylation is 3. The lowest BCUT2D eigenvalue weighted by atomic mass is 9.90. The lowest BCUT2D eigenvalue weighted by Gasteiger charge is -2.26. The van der Waals surface area contributed by atoms with E-state index in [1.165, 1.54) is 0 Å². The van der Waals surface area contributed by atoms with Crippen molar-refractivity contribution in [2.75, 3.05) is 31.7 Å². The number of benzene rings is 1. The summed E-state index contributed by atoms with van der Waals surface area (Å²) in [5.74, 6) is 5.30. The third kappa shape index (κ3) is 6.79. The molecule has 284 valence electrons. The van der Waals surface area contributed by atoms with Gasteiger partial charge in [0.05, 0.1) is 47.3 Å². The summed E-state index contributed by atoms with van der Waals surface area (Å²) in [4.78, 5) is 70.1. The van der Waals surface area contributed by atoms with Crippen LogP contribution in [0.1, 0.15) is 70.6 Å². The number of aromatic nitrogens is 6. The SMILES string of the molecule is Cc1cc(-c2ncc(N(C)c3cc(C4CCOCC4)c4c(c3)n(C)c(=O)n4C)cn2)cnc1C(=O)NCC#Cc1cc2c(C3CCC(=O)NC3=O)nccc2o1. The molecular formula is C41H39N9O6. The molecule has 7 heterocycles. The van der Waals surface area contributed by atoms with E-state index < -0.39 is 5.92 Å². The number of ether oxygens (including phenoxy) is 1. The smallest absolute Gasteiger partial charge is 0.328 e. The molecule has 0 spiro atoms. The van der Waals surface area contributed by atoms with E-state index in [1.807, 2.05) is 31.1 Å². The first-order valence-corrected chi connectivity index (χ1v) is 18.4. The maximum atomic E-state index is 13.0. The third-order valence-corrected chi connectivity index (χ3v) is 10.6. The summed E-state index contributed by atoms with van der Waals surface area (Å²) in [6.07, 6.45) is 9.02. The molecule has 1 unspecified atom stereocenters. The molecule has 2 aliphatic heterocycles. The van der Waals surface area contributed by atoms with Gasteiger partial charge in [0.15, 0.2) is 11.6 Å². The lowest BCUT2D eigenvalue weighted by molar-refractivity contribution is -0.134. The van der Waals surface area contributed by atoms with E-state index in [2.05, 4.69) is 48.5 Å². The van der Waals surface area contributed by atoms with E-state index in [9.17, 15) is 19.2 Å². The fourth-order valence-corrected chi connectivity index (χ4v) is 7.53. The van der Waals surface area contributed by atoms with Crippen molar-refractivity contribution in [1.29, 1.82) is 0 Å². The fourth-order valence-electron chi connectivity index (χ4n) is 7.53. The topological polar surface area (TPSA) is 179 Å². The van der Waals surface area contributed by atoms with Crippen LogP contribution in [0.4, 0.5) is 11.4 Å². The number of furan rings is 1. The molecule has 0 bridgehead atoms. The van der Waals surface area contributed by atoms with Gasteiger partial charge in [0.1, 0.15) is 11.3 Å². The molecule has 1 aromatic carbocycles. The maximum absolute atomic E-state index is 13.0. The van der Waals surface area contributed by atoms with Crippen LogP contribution in [0.3, 0.4) is 0 Å². The van der Waals surface area contributed by atoms with Crippen LogP contribution in [0.25, 0.3) is 33.4 Å². The molecule has 15 heteroatoms. The number of piperidine rings is 1. The Bertz CT molecular complexity index is 2660. The number of hydrogen-bond acceptors (Lipinski definition) is 11. The number of amides is 3. The van der Waals surface area contributed by atoms with Crippen LogP contribution < -0.4 is 21.2 Å². The highest BCUT2D eigenvalue weighted by molar-refractivity contribution is 6.02. The van der Waals surface area contributed by atoms with E-state index >= 15 is 0 Å². The normalized spacial score (nSPS) is 16.1. The summed E-state index contributed by atoms with van der Waals surface area (Å²) >= 11 is 0. The second-order valence-corrected chi connectivity index (χ2v) is 14.1. The van der Waals surface area contributed by atoms with E-state index in [1.54, 1.807) is 60.0 Å². The predicted molar refractivity (Wildman–Crippen MR) is 207 cm³/mol. The Labute approximate surface area is 321 Å². The Kier molecular flexibility index (Phi) is 9.65. The highest BCUT2D eigenvalue weighted by Gasteiger charge is 2.31. The number of nitrogens with one attached hydrogen (secondary N) is 2. The Balaban J connectivity index is 0.938. The zero-order chi connectivity index (χ0) is 39.1. The third-order valence-electron chi connectivity index (χ3n) is 10.6. The Morgan fingerprint density at radius 1 is 0.982 bits per heavy atom. The van der Waals surface area contributed by atoms with Crippen LogP contribution in [0.5, 0.6) is 0 Å². The van der Waals surface area contributed by atoms with Crippen molar-refractivity contribution in [3.8, 4) is 23.2 Å². The van der Waals surface area contributed by atoms with Crippen LogP contribution in [-0.4, -0.2) is 73.6 Å². The molecule has 2 fully saturated rings. The highest BCUT2D eigenvalue weighted by Crippen LogP contribution is 2.37. The first kappa shape index (κ1) is 36.3. The first-order chi connectivity index (χ1) is 27.1. The molecule has 2 N–H and O–H groups in total. The van der Waals surface area contributed by atoms with Gasteiger partial charge in [0, 0.05) is 75.9 Å². The molecular weight excluding hydrogens is 715 g/mol. The summed E-state index contributed by atoms with van der Waals surface area (Å²) in [6.45, 7) is 3.22. The number of imide groups is 1. The summed E-state index contributed by atoms with van der Waals surface area (Å²) in [7, 11) is 5.57. The number of carbonyl (C=O) groups is 3. The first-order valence-electron chi connectivity index (χ1n) is 18.4. The number of nitrogens with zero attached hydrogens (tertiary/aromatic N) is 7. The zero-order valence-electron chi connectivity index (χ0n) is 31.4. The largest absolute Gasteiger partial charge is 0.448 e. The Morgan fingerprint density at radius 2 is 1.77 bits per heavy atom. The van der Waals surface area contributed by atoms with Crippen molar-refractivity contribution in [2.24, 2.45) is 14.1 Å². The van der Waals surface area contributed by atoms with Gasteiger partial charge in [-0.3, -0.25) is 38.8 Å². The number of pyridine rings is 2. The standard InChI is InChI=1S/C41H39N9O6/c1-23-16-25(20-44-35(23)40(53)43-12-5-6-28-19-31-33(56-28)9-13-42-36(31)29-7-8-34(51)47-39(29)52)38-45-21-27(22-46-38)48(2)26-17-30(24-10-14-55-15-11-24)37-32(18-26)49(3)41(54)50(37)4/h9,13,16-22,24,29H,7-8,10-12,14-15H2,1-4H3,(H,43,53)(H,47,51,52). The summed E-state index contributed by atoms with van der Waals surface area (Å²) in [5.41, 5.74) is 7.18. The minimum Gasteiger partial charge on any atom is -0.448 e. The van der Waals surface area contributed by atoms with Gasteiger partial charge in [-0.05, 0) is 73.4 Å². The molecule has 0 saturated carbocycles. The molecule has 0 radical (unpaired) electrons. The molecule has 56 heavy (non-hydrogen) atoms. The van der Waals surface area contributed by atoms with Gasteiger partial charge in [0.2, 0.25) is 11.8 Å². The van der Waals surface area contributed by atoms with Crippen LogP contribution >= 0.6 is 0 Å². The van der Waals surface area contributed by atoms with E-state index in [-0.39, 0.29) is 48.0 Å². The minimum absolute atomic E-state index is 0.0408. The summed E-state index contributed by atoms with van der Waals surface area (Å²) in [6, 6.07) is 9.40. The second-order valence-electron chi connectivity index (χ2n) is 14.1. The van der Waals surface area contributed by atoms with Gasteiger partial charge in [-0.25, -0.2) is 14.8 Å². The quantitative estimate of drug-likeness (QED) is 0.177. The molecule has 5 aromatic heterocycles. The second kappa shape index (κ2) is 14.9. The van der Waals surface area contributed by atoms with Crippen LogP contribution in [0.15, 0.2) is 64.3 Å². The Morgan fingerprint density at radius 3 is 2.52 bits per heavy atom. The lowest BCUT2D eigenvalue weighted by Crippen LogP contribution is -2.39. The van der Waals surface area contributed by atoms with E-state index in [0.29, 0.717) is 59.0 Å². The van der Waals surface area contributed by atoms with Crippen LogP contribution in [0.2, 0.25) is 0 Å². The van der Waals surface area contributed by atoms with Crippen molar-refractivity contribution in [3.05, 3.63) is 93.9 Å². The fraction of sp³-hybridized carbons (Fsp3) is 0.317. The molecule has 8 rings (SSSR count). The average Bonchev–Trinajstić information content (AvgIpc) is 3.73. The highest BCUT2D eigenvalue weighted by atomic mass is 16.5. The number of imidazole rings is 1. The molecule has 1 atom stereocenters. The van der Waals surface area contributed by atoms with Crippen molar-refractivity contribution in [2.45, 2.75) is 44.4 Å². The molecule has 6 aromatic rings. The van der Waals surface area contributed by atoms with Crippen molar-refractivity contribution in [3.63, 3.8) is 0 Å². The predicted octanol–water partition coefficient (Wildman–Crippen LogP) is 4.14. The van der Waals surface area contributed by atoms with Crippen LogP contribution in [0, 0.1) is 18.8 Å². The molecule has 15 nitrogen and oxygen atoms in total. The van der Waals surface area contributed by atoms with Crippen molar-refractivity contribution < 1.29 is 23.5 Å². The number of fused-ring (bicyclic) bond motifs is 2. The minimum atomic E-state index is -0.555. The molecule has 3 amide bonds. The van der Waals surface area contributed by atoms with Gasteiger partial charge in [-0.2, -0.15) is 0 Å². The molecule has 0 aliphatic carbocycles. The maximum Gasteiger partial charge on any atom is 0.328 e. The van der Waals surface area contributed by atoms with Crippen LogP contribution in [-0.2, 0) is 28.4 Å². The average molecular weight is 754 g/mol. The van der Waals surface area contributed by atoms with E-state index in [4.69, 9.17) is 9.15 Å². The number of carbonyl (C=O) groups excluding carboxylic acids is 3. The van der Waals surface area contributed by atoms with Crippen molar-refractivity contribution >= 4 is 51.1 Å².